The van der Waals surface area contributed by atoms with E-state index in [-0.39, 0.29) is 26.3 Å². The first-order chi connectivity index (χ1) is 12.8. The molecule has 4 heteroatoms. The Balaban J connectivity index is 1.68. The van der Waals surface area contributed by atoms with Crippen molar-refractivity contribution in [1.82, 2.24) is 0 Å². The van der Waals surface area contributed by atoms with Gasteiger partial charge in [-0.25, -0.2) is 0 Å². The van der Waals surface area contributed by atoms with Gasteiger partial charge in [-0.15, -0.1) is 0 Å². The fraction of sp³-hybridized carbons (Fsp3) is 0.0909. The molecule has 130 valence electrons. The summed E-state index contributed by atoms with van der Waals surface area (Å²) >= 11 is 0.232. The van der Waals surface area contributed by atoms with Crippen molar-refractivity contribution in [3.63, 3.8) is 0 Å². The summed E-state index contributed by atoms with van der Waals surface area (Å²) in [6.07, 6.45) is 0. The third-order valence-corrected chi connectivity index (χ3v) is 11.7. The van der Waals surface area contributed by atoms with Gasteiger partial charge in [-0.05, 0) is 0 Å². The van der Waals surface area contributed by atoms with Crippen LogP contribution in [-0.2, 0) is 13.3 Å². The van der Waals surface area contributed by atoms with Gasteiger partial charge in [-0.3, -0.25) is 0 Å². The molecule has 0 spiro atoms. The minimum absolute atomic E-state index is 0.116. The van der Waals surface area contributed by atoms with E-state index < -0.39 is 13.3 Å². The van der Waals surface area contributed by atoms with E-state index in [0.717, 1.165) is 41.6 Å². The molecule has 4 aromatic carbocycles. The van der Waals surface area contributed by atoms with Gasteiger partial charge < -0.3 is 0 Å². The maximum absolute atomic E-state index is 13.6. The molecule has 0 amide bonds. The first kappa shape index (κ1) is 17.7. The first-order valence-corrected chi connectivity index (χ1v) is 14.3. The third-order valence-electron chi connectivity index (χ3n) is 4.37. The van der Waals surface area contributed by atoms with Gasteiger partial charge in [-0.1, -0.05) is 0 Å². The number of hydrogen-bond acceptors (Lipinski definition) is 0. The monoisotopic (exact) mass is 478 g/mol. The molecule has 0 atom stereocenters. The summed E-state index contributed by atoms with van der Waals surface area (Å²) in [5, 5.41) is 4.42. The van der Waals surface area contributed by atoms with Gasteiger partial charge in [-0.2, -0.15) is 0 Å². The summed E-state index contributed by atoms with van der Waals surface area (Å²) in [6, 6.07) is 24.3. The number of hydrogen-bond donors (Lipinski definition) is 0. The van der Waals surface area contributed by atoms with Crippen molar-refractivity contribution in [2.45, 2.75) is 13.3 Å². The number of fused-ring (bicyclic) bond motifs is 2. The average Bonchev–Trinajstić information content (AvgIpc) is 2.70. The van der Waals surface area contributed by atoms with E-state index in [1.807, 2.05) is 48.5 Å². The quantitative estimate of drug-likeness (QED) is 0.379. The molecule has 0 nitrogen and oxygen atoms in total. The van der Waals surface area contributed by atoms with Gasteiger partial charge >= 0.3 is 163 Å². The Kier molecular flexibility index (Phi) is 5.38. The van der Waals surface area contributed by atoms with Crippen LogP contribution < -0.4 is 8.92 Å². The number of alkyl halides is 2. The number of benzene rings is 4. The molecule has 4 rings (SSSR count). The Hall–Kier alpha value is -1.70. The van der Waals surface area contributed by atoms with Gasteiger partial charge in [0, 0.05) is 0 Å². The maximum atomic E-state index is 13.6. The molecule has 0 saturated heterocycles. The fourth-order valence-corrected chi connectivity index (χ4v) is 10.4. The summed E-state index contributed by atoms with van der Waals surface area (Å²) in [5.74, 6) is 0. The van der Waals surface area contributed by atoms with E-state index in [9.17, 15) is 8.78 Å². The van der Waals surface area contributed by atoms with E-state index in [2.05, 4.69) is 24.3 Å². The molecule has 0 aliphatic carbocycles. The molecular weight excluding hydrogens is 460 g/mol. The van der Waals surface area contributed by atoms with Crippen molar-refractivity contribution in [2.75, 3.05) is 0 Å². The molecule has 0 aliphatic rings. The van der Waals surface area contributed by atoms with Gasteiger partial charge in [0.05, 0.1) is 0 Å². The predicted molar refractivity (Wildman–Crippen MR) is 108 cm³/mol. The van der Waals surface area contributed by atoms with Crippen LogP contribution in [-0.4, -0.2) is 26.3 Å². The Labute approximate surface area is 162 Å². The van der Waals surface area contributed by atoms with Gasteiger partial charge in [0.25, 0.3) is 0 Å². The SMILES string of the molecule is FCc1cc2ccccc2cc1[Se][Se]c1cc2ccccc2cc1CF. The van der Waals surface area contributed by atoms with E-state index in [1.54, 1.807) is 0 Å². The van der Waals surface area contributed by atoms with Crippen molar-refractivity contribution in [3.05, 3.63) is 83.9 Å². The van der Waals surface area contributed by atoms with E-state index >= 15 is 0 Å². The van der Waals surface area contributed by atoms with Crippen LogP contribution in [0.2, 0.25) is 0 Å². The van der Waals surface area contributed by atoms with Crippen LogP contribution in [0.4, 0.5) is 8.78 Å². The van der Waals surface area contributed by atoms with Crippen LogP contribution >= 0.6 is 0 Å². The zero-order valence-corrected chi connectivity index (χ0v) is 17.3. The van der Waals surface area contributed by atoms with E-state index in [0.29, 0.717) is 0 Å². The fourth-order valence-electron chi connectivity index (χ4n) is 2.99. The Morgan fingerprint density at radius 3 is 1.23 bits per heavy atom. The molecule has 0 bridgehead atoms. The first-order valence-electron chi connectivity index (χ1n) is 8.28. The van der Waals surface area contributed by atoms with E-state index in [1.165, 1.54) is 0 Å². The van der Waals surface area contributed by atoms with E-state index in [4.69, 9.17) is 0 Å². The van der Waals surface area contributed by atoms with Crippen molar-refractivity contribution in [1.29, 1.82) is 0 Å². The molecule has 0 radical (unpaired) electrons. The van der Waals surface area contributed by atoms with Crippen LogP contribution in [0.5, 0.6) is 0 Å². The second-order valence-electron chi connectivity index (χ2n) is 6.05. The molecule has 0 aliphatic heterocycles. The van der Waals surface area contributed by atoms with Gasteiger partial charge in [0.15, 0.2) is 0 Å². The molecule has 0 heterocycles. The zero-order valence-electron chi connectivity index (χ0n) is 13.9. The summed E-state index contributed by atoms with van der Waals surface area (Å²) in [5.41, 5.74) is 1.54. The molecule has 0 fully saturated rings. The van der Waals surface area contributed by atoms with Crippen molar-refractivity contribution in [3.8, 4) is 0 Å². The Morgan fingerprint density at radius 2 is 0.885 bits per heavy atom. The number of rotatable bonds is 5. The molecule has 0 unspecified atom stereocenters. The van der Waals surface area contributed by atoms with Gasteiger partial charge in [0.2, 0.25) is 0 Å². The second-order valence-corrected chi connectivity index (χ2v) is 12.2. The van der Waals surface area contributed by atoms with Crippen LogP contribution in [0.3, 0.4) is 0 Å². The summed E-state index contributed by atoms with van der Waals surface area (Å²) in [6.45, 7) is -0.905. The standard InChI is InChI=1S/C22H16F2Se2/c23-13-19-9-15-5-1-3-7-17(15)11-21(19)25-26-22-12-18-8-4-2-6-16(18)10-20(22)14-24/h1-12H,13-14H2. The molecule has 26 heavy (non-hydrogen) atoms. The van der Waals surface area contributed by atoms with Crippen LogP contribution in [0, 0.1) is 0 Å². The Bertz CT molecular complexity index is 989. The van der Waals surface area contributed by atoms with Crippen LogP contribution in [0.15, 0.2) is 72.8 Å². The molecular formula is C22H16F2Se2. The summed E-state index contributed by atoms with van der Waals surface area (Å²) in [4.78, 5) is 0. The topological polar surface area (TPSA) is 0 Å². The molecule has 0 saturated carbocycles. The molecule has 0 N–H and O–H groups in total. The second kappa shape index (κ2) is 7.90. The number of halogens is 2. The summed E-state index contributed by atoms with van der Waals surface area (Å²) in [7, 11) is 0. The van der Waals surface area contributed by atoms with Crippen molar-refractivity contribution < 1.29 is 8.78 Å². The van der Waals surface area contributed by atoms with Crippen LogP contribution in [0.25, 0.3) is 21.5 Å². The summed E-state index contributed by atoms with van der Waals surface area (Å²) < 4.78 is 29.3. The Morgan fingerprint density at radius 1 is 0.538 bits per heavy atom. The normalized spacial score (nSPS) is 11.3. The minimum atomic E-state index is -0.453. The van der Waals surface area contributed by atoms with Crippen LogP contribution in [0.1, 0.15) is 11.1 Å². The zero-order chi connectivity index (χ0) is 17.9. The van der Waals surface area contributed by atoms with Crippen molar-refractivity contribution >= 4 is 56.7 Å². The molecule has 4 aromatic rings. The average molecular weight is 476 g/mol. The van der Waals surface area contributed by atoms with Crippen molar-refractivity contribution in [2.24, 2.45) is 0 Å². The predicted octanol–water partition coefficient (Wildman–Crippen LogP) is 4.21. The van der Waals surface area contributed by atoms with Gasteiger partial charge in [0.1, 0.15) is 0 Å². The molecule has 0 aromatic heterocycles. The third kappa shape index (κ3) is 3.56.